The van der Waals surface area contributed by atoms with Crippen molar-refractivity contribution in [3.8, 4) is 0 Å². The van der Waals surface area contributed by atoms with E-state index >= 15 is 0 Å². The fourth-order valence-electron chi connectivity index (χ4n) is 0.405. The summed E-state index contributed by atoms with van der Waals surface area (Å²) in [4.78, 5) is 0. The highest BCUT2D eigenvalue weighted by Crippen LogP contribution is 2.01. The van der Waals surface area contributed by atoms with Gasteiger partial charge < -0.3 is 0 Å². The summed E-state index contributed by atoms with van der Waals surface area (Å²) in [5.41, 5.74) is 0. The van der Waals surface area contributed by atoms with Crippen LogP contribution in [0.3, 0.4) is 0 Å². The number of hydrogen-bond acceptors (Lipinski definition) is 1. The largest absolute Gasteiger partial charge is 0.247 e. The van der Waals surface area contributed by atoms with E-state index in [-0.39, 0.29) is 0 Å². The number of hydrogen-bond donors (Lipinski definition) is 1. The maximum absolute atomic E-state index is 12.1. The summed E-state index contributed by atoms with van der Waals surface area (Å²) in [6.07, 6.45) is 0.888. The minimum absolute atomic E-state index is 0.369. The summed E-state index contributed by atoms with van der Waals surface area (Å²) in [5.74, 6) is 0.369. The summed E-state index contributed by atoms with van der Waals surface area (Å²) in [5, 5.41) is 0. The lowest BCUT2D eigenvalue weighted by atomic mass is 10.2. The maximum Gasteiger partial charge on any atom is 0.109 e. The van der Waals surface area contributed by atoms with Crippen LogP contribution in [0.5, 0.6) is 0 Å². The third kappa shape index (κ3) is 4.13. The van der Waals surface area contributed by atoms with Gasteiger partial charge in [-0.3, -0.25) is 0 Å². The van der Waals surface area contributed by atoms with E-state index in [1.165, 1.54) is 0 Å². The Morgan fingerprint density at radius 2 is 2.29 bits per heavy atom. The fraction of sp³-hybridized carbons (Fsp3) is 1.00. The molecule has 0 aliphatic rings. The van der Waals surface area contributed by atoms with E-state index in [0.717, 1.165) is 6.42 Å². The first-order chi connectivity index (χ1) is 3.31. The van der Waals surface area contributed by atoms with Gasteiger partial charge in [-0.1, -0.05) is 13.3 Å². The van der Waals surface area contributed by atoms with Gasteiger partial charge in [0.25, 0.3) is 0 Å². The van der Waals surface area contributed by atoms with E-state index in [4.69, 9.17) is 0 Å². The van der Waals surface area contributed by atoms with Gasteiger partial charge in [-0.2, -0.15) is 12.6 Å². The zero-order valence-corrected chi connectivity index (χ0v) is 5.42. The summed E-state index contributed by atoms with van der Waals surface area (Å²) in [6, 6.07) is 0. The van der Waals surface area contributed by atoms with E-state index in [1.54, 1.807) is 0 Å². The van der Waals surface area contributed by atoms with E-state index in [2.05, 4.69) is 12.6 Å². The minimum atomic E-state index is -0.687. The Kier molecular flexibility index (Phi) is 4.62. The minimum Gasteiger partial charge on any atom is -0.247 e. The van der Waals surface area contributed by atoms with Crippen molar-refractivity contribution in [2.75, 3.05) is 5.75 Å². The van der Waals surface area contributed by atoms with Gasteiger partial charge in [-0.25, -0.2) is 4.39 Å². The molecule has 0 bridgehead atoms. The van der Waals surface area contributed by atoms with E-state index < -0.39 is 6.17 Å². The van der Waals surface area contributed by atoms with Crippen molar-refractivity contribution in [1.29, 1.82) is 0 Å². The molecule has 0 aliphatic carbocycles. The van der Waals surface area contributed by atoms with Gasteiger partial charge in [0.1, 0.15) is 6.17 Å². The molecule has 7 heavy (non-hydrogen) atoms. The average molecular weight is 122 g/mol. The predicted octanol–water partition coefficient (Wildman–Crippen LogP) is 2.05. The van der Waals surface area contributed by atoms with Gasteiger partial charge in [0, 0.05) is 5.75 Å². The first-order valence-electron chi connectivity index (χ1n) is 2.56. The molecule has 1 unspecified atom stereocenters. The smallest absolute Gasteiger partial charge is 0.109 e. The molecule has 0 N–H and O–H groups in total. The zero-order valence-electron chi connectivity index (χ0n) is 4.52. The number of thiol groups is 1. The molecule has 44 valence electrons. The Morgan fingerprint density at radius 1 is 1.71 bits per heavy atom. The lowest BCUT2D eigenvalue weighted by molar-refractivity contribution is 0.345. The van der Waals surface area contributed by atoms with Gasteiger partial charge in [0.2, 0.25) is 0 Å². The molecular formula is C5H11FS. The second kappa shape index (κ2) is 4.44. The van der Waals surface area contributed by atoms with E-state index in [9.17, 15) is 4.39 Å². The van der Waals surface area contributed by atoms with Crippen molar-refractivity contribution in [1.82, 2.24) is 0 Å². The van der Waals surface area contributed by atoms with Gasteiger partial charge in [-0.05, 0) is 6.42 Å². The third-order valence-electron chi connectivity index (χ3n) is 0.800. The Bertz CT molecular complexity index is 39.1. The zero-order chi connectivity index (χ0) is 5.70. The monoisotopic (exact) mass is 122 g/mol. The van der Waals surface area contributed by atoms with Gasteiger partial charge in [-0.15, -0.1) is 0 Å². The second-order valence-electron chi connectivity index (χ2n) is 1.57. The highest BCUT2D eigenvalue weighted by molar-refractivity contribution is 7.80. The Labute approximate surface area is 49.5 Å². The molecule has 0 radical (unpaired) electrons. The van der Waals surface area contributed by atoms with Crippen molar-refractivity contribution in [3.63, 3.8) is 0 Å². The Balaban J connectivity index is 2.83. The molecule has 0 saturated carbocycles. The fourth-order valence-corrected chi connectivity index (χ4v) is 0.587. The van der Waals surface area contributed by atoms with E-state index in [0.29, 0.717) is 12.2 Å². The molecule has 0 aromatic heterocycles. The molecule has 0 aliphatic heterocycles. The van der Waals surface area contributed by atoms with Crippen molar-refractivity contribution >= 4 is 12.6 Å². The Morgan fingerprint density at radius 3 is 2.43 bits per heavy atom. The van der Waals surface area contributed by atoms with Crippen LogP contribution in [0.2, 0.25) is 0 Å². The summed E-state index contributed by atoms with van der Waals surface area (Å²) >= 11 is 3.77. The van der Waals surface area contributed by atoms with Gasteiger partial charge in [0.05, 0.1) is 0 Å². The average Bonchev–Trinajstić information content (AvgIpc) is 1.68. The summed E-state index contributed by atoms with van der Waals surface area (Å²) < 4.78 is 12.1. The van der Waals surface area contributed by atoms with Crippen LogP contribution in [0.15, 0.2) is 0 Å². The molecular weight excluding hydrogens is 111 g/mol. The Hall–Kier alpha value is 0.280. The molecule has 0 rings (SSSR count). The lowest BCUT2D eigenvalue weighted by Crippen LogP contribution is -1.99. The van der Waals surface area contributed by atoms with Crippen molar-refractivity contribution in [2.24, 2.45) is 0 Å². The molecule has 1 atom stereocenters. The molecule has 0 heterocycles. The van der Waals surface area contributed by atoms with Crippen LogP contribution in [-0.2, 0) is 0 Å². The first kappa shape index (κ1) is 7.28. The predicted molar refractivity (Wildman–Crippen MR) is 33.7 cm³/mol. The first-order valence-corrected chi connectivity index (χ1v) is 3.19. The number of rotatable bonds is 3. The van der Waals surface area contributed by atoms with Crippen molar-refractivity contribution in [2.45, 2.75) is 25.9 Å². The highest BCUT2D eigenvalue weighted by atomic mass is 32.1. The molecule has 0 spiro atoms. The van der Waals surface area contributed by atoms with Crippen LogP contribution in [0.25, 0.3) is 0 Å². The molecule has 0 aromatic rings. The van der Waals surface area contributed by atoms with Crippen molar-refractivity contribution in [3.05, 3.63) is 0 Å². The normalized spacial score (nSPS) is 14.1. The highest BCUT2D eigenvalue weighted by Gasteiger charge is 1.98. The van der Waals surface area contributed by atoms with Gasteiger partial charge >= 0.3 is 0 Å². The maximum atomic E-state index is 12.1. The summed E-state index contributed by atoms with van der Waals surface area (Å²) in [6.45, 7) is 1.97. The van der Waals surface area contributed by atoms with Crippen LogP contribution in [-0.4, -0.2) is 11.9 Å². The second-order valence-corrected chi connectivity index (χ2v) is 1.93. The molecule has 0 amide bonds. The quantitative estimate of drug-likeness (QED) is 0.544. The van der Waals surface area contributed by atoms with Crippen LogP contribution in [0.1, 0.15) is 19.8 Å². The molecule has 0 nitrogen and oxygen atoms in total. The number of alkyl halides is 1. The van der Waals surface area contributed by atoms with Crippen LogP contribution >= 0.6 is 12.6 Å². The third-order valence-corrected chi connectivity index (χ3v) is 1.20. The van der Waals surface area contributed by atoms with Crippen LogP contribution in [0.4, 0.5) is 4.39 Å². The van der Waals surface area contributed by atoms with E-state index in [1.807, 2.05) is 6.92 Å². The molecule has 0 fully saturated rings. The SMILES string of the molecule is CCCC(F)CS. The van der Waals surface area contributed by atoms with Crippen molar-refractivity contribution < 1.29 is 4.39 Å². The lowest BCUT2D eigenvalue weighted by Gasteiger charge is -1.97. The van der Waals surface area contributed by atoms with Gasteiger partial charge in [0.15, 0.2) is 0 Å². The standard InChI is InChI=1S/C5H11FS/c1-2-3-5(6)4-7/h5,7H,2-4H2,1H3. The number of halogens is 1. The molecule has 0 saturated heterocycles. The van der Waals surface area contributed by atoms with Crippen LogP contribution in [0, 0.1) is 0 Å². The molecule has 0 aromatic carbocycles. The molecule has 2 heteroatoms. The summed E-state index contributed by atoms with van der Waals surface area (Å²) in [7, 11) is 0. The van der Waals surface area contributed by atoms with Crippen LogP contribution < -0.4 is 0 Å². The topological polar surface area (TPSA) is 0 Å².